The normalized spacial score (nSPS) is 30.2. The molecule has 0 amide bonds. The van der Waals surface area contributed by atoms with Gasteiger partial charge in [0, 0.05) is 11.1 Å². The van der Waals surface area contributed by atoms with Gasteiger partial charge in [-0.05, 0) is 42.9 Å². The Balaban J connectivity index is 1.80. The molecule has 0 saturated heterocycles. The van der Waals surface area contributed by atoms with Crippen LogP contribution in [0.25, 0.3) is 0 Å². The lowest BCUT2D eigenvalue weighted by atomic mass is 9.95. The molecule has 0 radical (unpaired) electrons. The van der Waals surface area contributed by atoms with Crippen LogP contribution in [0.15, 0.2) is 18.2 Å². The lowest BCUT2D eigenvalue weighted by molar-refractivity contribution is 0.440. The van der Waals surface area contributed by atoms with E-state index in [4.69, 9.17) is 16.9 Å². The number of benzene rings is 1. The summed E-state index contributed by atoms with van der Waals surface area (Å²) in [5.41, 5.74) is 1.59. The van der Waals surface area contributed by atoms with Gasteiger partial charge in [0.15, 0.2) is 0 Å². The van der Waals surface area contributed by atoms with Crippen LogP contribution in [0.1, 0.15) is 31.2 Å². The van der Waals surface area contributed by atoms with Crippen molar-refractivity contribution in [1.29, 1.82) is 5.26 Å². The van der Waals surface area contributed by atoms with Crippen LogP contribution in [0.5, 0.6) is 0 Å². The molecule has 2 nitrogen and oxygen atoms in total. The van der Waals surface area contributed by atoms with Gasteiger partial charge in [0.2, 0.25) is 0 Å². The number of rotatable bonds is 2. The number of nitriles is 1. The molecule has 3 unspecified atom stereocenters. The van der Waals surface area contributed by atoms with Crippen LogP contribution in [0.4, 0.5) is 5.69 Å². The number of anilines is 1. The Morgan fingerprint density at radius 3 is 3.06 bits per heavy atom. The smallest absolute Gasteiger partial charge is 0.101 e. The van der Waals surface area contributed by atoms with Crippen molar-refractivity contribution in [3.05, 3.63) is 28.8 Å². The molecule has 1 aromatic carbocycles. The minimum atomic E-state index is 0.541. The molecular formula is C14H15ClN2. The van der Waals surface area contributed by atoms with E-state index in [0.717, 1.165) is 17.5 Å². The summed E-state index contributed by atoms with van der Waals surface area (Å²) in [6.07, 6.45) is 5.28. The maximum absolute atomic E-state index is 9.08. The zero-order valence-electron chi connectivity index (χ0n) is 9.62. The molecule has 17 heavy (non-hydrogen) atoms. The van der Waals surface area contributed by atoms with E-state index in [0.29, 0.717) is 16.6 Å². The first-order valence-electron chi connectivity index (χ1n) is 6.24. The molecule has 2 aliphatic rings. The number of hydrogen-bond acceptors (Lipinski definition) is 2. The average Bonchev–Trinajstić information content (AvgIpc) is 3.09. The Labute approximate surface area is 107 Å². The van der Waals surface area contributed by atoms with Gasteiger partial charge < -0.3 is 5.32 Å². The number of nitrogens with zero attached hydrogens (tertiary/aromatic N) is 1. The largest absolute Gasteiger partial charge is 0.381 e. The minimum absolute atomic E-state index is 0.541. The Hall–Kier alpha value is -1.20. The summed E-state index contributed by atoms with van der Waals surface area (Å²) in [6, 6.07) is 8.19. The van der Waals surface area contributed by atoms with Crippen LogP contribution in [0, 0.1) is 23.2 Å². The third kappa shape index (κ3) is 2.12. The third-order valence-electron chi connectivity index (χ3n) is 4.03. The second-order valence-electron chi connectivity index (χ2n) is 5.14. The molecule has 1 aromatic rings. The van der Waals surface area contributed by atoms with Gasteiger partial charge in [-0.3, -0.25) is 0 Å². The fraction of sp³-hybridized carbons (Fsp3) is 0.500. The van der Waals surface area contributed by atoms with Crippen molar-refractivity contribution in [2.24, 2.45) is 11.8 Å². The molecule has 0 aromatic heterocycles. The third-order valence-corrected chi connectivity index (χ3v) is 4.26. The van der Waals surface area contributed by atoms with Gasteiger partial charge in [0.25, 0.3) is 0 Å². The number of fused-ring (bicyclic) bond motifs is 1. The van der Waals surface area contributed by atoms with E-state index in [1.807, 2.05) is 6.07 Å². The summed E-state index contributed by atoms with van der Waals surface area (Å²) in [4.78, 5) is 0. The van der Waals surface area contributed by atoms with Crippen LogP contribution >= 0.6 is 11.6 Å². The molecule has 3 heteroatoms. The van der Waals surface area contributed by atoms with Gasteiger partial charge in [0.1, 0.15) is 6.07 Å². The van der Waals surface area contributed by atoms with Gasteiger partial charge in [-0.25, -0.2) is 0 Å². The topological polar surface area (TPSA) is 35.8 Å². The van der Waals surface area contributed by atoms with E-state index in [1.165, 1.54) is 25.7 Å². The molecule has 2 fully saturated rings. The standard InChI is InChI=1S/C14H15ClN2/c15-11-5-4-10(8-16)14(7-11)17-13-3-1-2-9-6-12(9)13/h4-5,7,9,12-13,17H,1-3,6H2. The highest BCUT2D eigenvalue weighted by Gasteiger charge is 2.45. The van der Waals surface area contributed by atoms with E-state index < -0.39 is 0 Å². The van der Waals surface area contributed by atoms with Crippen LogP contribution in [-0.4, -0.2) is 6.04 Å². The summed E-state index contributed by atoms with van der Waals surface area (Å²) in [7, 11) is 0. The number of halogens is 1. The average molecular weight is 247 g/mol. The van der Waals surface area contributed by atoms with Crippen LogP contribution in [-0.2, 0) is 0 Å². The number of nitrogens with one attached hydrogen (secondary N) is 1. The van der Waals surface area contributed by atoms with E-state index in [-0.39, 0.29) is 0 Å². The first kappa shape index (κ1) is 10.9. The molecular weight excluding hydrogens is 232 g/mol. The van der Waals surface area contributed by atoms with Crippen molar-refractivity contribution in [3.8, 4) is 6.07 Å². The fourth-order valence-electron chi connectivity index (χ4n) is 3.02. The van der Waals surface area contributed by atoms with Gasteiger partial charge in [0.05, 0.1) is 11.3 Å². The SMILES string of the molecule is N#Cc1ccc(Cl)cc1NC1CCCC2CC21. The second kappa shape index (κ2) is 4.23. The van der Waals surface area contributed by atoms with Gasteiger partial charge in [-0.1, -0.05) is 24.4 Å². The molecule has 0 spiro atoms. The van der Waals surface area contributed by atoms with Gasteiger partial charge in [-0.2, -0.15) is 5.26 Å². The predicted octanol–water partition coefficient (Wildman–Crippen LogP) is 3.81. The monoisotopic (exact) mass is 246 g/mol. The first-order valence-corrected chi connectivity index (χ1v) is 6.62. The maximum atomic E-state index is 9.08. The van der Waals surface area contributed by atoms with Crippen LogP contribution in [0.2, 0.25) is 5.02 Å². The summed E-state index contributed by atoms with van der Waals surface area (Å²) in [6.45, 7) is 0. The minimum Gasteiger partial charge on any atom is -0.381 e. The molecule has 88 valence electrons. The molecule has 0 aliphatic heterocycles. The van der Waals surface area contributed by atoms with Crippen molar-refractivity contribution in [3.63, 3.8) is 0 Å². The molecule has 3 atom stereocenters. The molecule has 3 rings (SSSR count). The van der Waals surface area contributed by atoms with Gasteiger partial charge >= 0.3 is 0 Å². The highest BCUT2D eigenvalue weighted by molar-refractivity contribution is 6.30. The number of hydrogen-bond donors (Lipinski definition) is 1. The van der Waals surface area contributed by atoms with Crippen molar-refractivity contribution < 1.29 is 0 Å². The second-order valence-corrected chi connectivity index (χ2v) is 5.58. The molecule has 2 saturated carbocycles. The van der Waals surface area contributed by atoms with Crippen molar-refractivity contribution in [1.82, 2.24) is 0 Å². The highest BCUT2D eigenvalue weighted by atomic mass is 35.5. The molecule has 1 N–H and O–H groups in total. The van der Waals surface area contributed by atoms with Crippen molar-refractivity contribution in [2.75, 3.05) is 5.32 Å². The van der Waals surface area contributed by atoms with E-state index in [1.54, 1.807) is 12.1 Å². The zero-order valence-corrected chi connectivity index (χ0v) is 10.4. The molecule has 0 bridgehead atoms. The van der Waals surface area contributed by atoms with Gasteiger partial charge in [-0.15, -0.1) is 0 Å². The van der Waals surface area contributed by atoms with E-state index in [2.05, 4.69) is 11.4 Å². The highest BCUT2D eigenvalue weighted by Crippen LogP contribution is 2.50. The van der Waals surface area contributed by atoms with E-state index >= 15 is 0 Å². The summed E-state index contributed by atoms with van der Waals surface area (Å²) < 4.78 is 0. The Kier molecular flexibility index (Phi) is 2.72. The van der Waals surface area contributed by atoms with Crippen LogP contribution < -0.4 is 5.32 Å². The summed E-state index contributed by atoms with van der Waals surface area (Å²) in [5.74, 6) is 1.76. The summed E-state index contributed by atoms with van der Waals surface area (Å²) >= 11 is 5.99. The Morgan fingerprint density at radius 1 is 1.35 bits per heavy atom. The molecule has 2 aliphatic carbocycles. The maximum Gasteiger partial charge on any atom is 0.101 e. The Morgan fingerprint density at radius 2 is 2.24 bits per heavy atom. The quantitative estimate of drug-likeness (QED) is 0.861. The fourth-order valence-corrected chi connectivity index (χ4v) is 3.19. The molecule has 0 heterocycles. The van der Waals surface area contributed by atoms with Crippen molar-refractivity contribution in [2.45, 2.75) is 31.7 Å². The lowest BCUT2D eigenvalue weighted by Crippen LogP contribution is -2.25. The van der Waals surface area contributed by atoms with E-state index in [9.17, 15) is 0 Å². The van der Waals surface area contributed by atoms with Crippen LogP contribution in [0.3, 0.4) is 0 Å². The summed E-state index contributed by atoms with van der Waals surface area (Å²) in [5, 5.41) is 13.3. The predicted molar refractivity (Wildman–Crippen MR) is 69.0 cm³/mol. The lowest BCUT2D eigenvalue weighted by Gasteiger charge is -2.24. The Bertz CT molecular complexity index is 478. The zero-order chi connectivity index (χ0) is 11.8. The van der Waals surface area contributed by atoms with Crippen molar-refractivity contribution >= 4 is 17.3 Å². The first-order chi connectivity index (χ1) is 8.28.